The Morgan fingerprint density at radius 2 is 2.16 bits per heavy atom. The van der Waals surface area contributed by atoms with Crippen molar-refractivity contribution in [1.29, 1.82) is 0 Å². The lowest BCUT2D eigenvalue weighted by atomic mass is 10.2. The van der Waals surface area contributed by atoms with Crippen LogP contribution in [0, 0.1) is 6.92 Å². The molecule has 2 aromatic heterocycles. The highest BCUT2D eigenvalue weighted by molar-refractivity contribution is 7.20. The molecule has 0 amide bonds. The van der Waals surface area contributed by atoms with E-state index in [0.29, 0.717) is 26.9 Å². The number of rotatable bonds is 4. The van der Waals surface area contributed by atoms with Gasteiger partial charge in [-0.2, -0.15) is 0 Å². The molecule has 102 valence electrons. The smallest absolute Gasteiger partial charge is 0.329 e. The Kier molecular flexibility index (Phi) is 3.68. The highest BCUT2D eigenvalue weighted by Gasteiger charge is 2.16. The molecule has 7 heteroatoms. The number of methoxy groups -OCH3 is 1. The summed E-state index contributed by atoms with van der Waals surface area (Å²) in [6.07, 6.45) is 0.445. The number of hydrogen-bond acceptors (Lipinski definition) is 5. The van der Waals surface area contributed by atoms with Gasteiger partial charge in [0.15, 0.2) is 6.29 Å². The molecule has 0 saturated carbocycles. The molecule has 0 bridgehead atoms. The number of H-pyrrole nitrogens is 1. The third-order valence-electron chi connectivity index (χ3n) is 3.06. The second-order valence-corrected chi connectivity index (χ2v) is 5.36. The first-order chi connectivity index (χ1) is 8.99. The summed E-state index contributed by atoms with van der Waals surface area (Å²) in [7, 11) is 1.52. The van der Waals surface area contributed by atoms with Crippen LogP contribution in [0.4, 0.5) is 0 Å². The first-order valence-electron chi connectivity index (χ1n) is 5.73. The number of hydrogen-bond donors (Lipinski definition) is 1. The average molecular weight is 282 g/mol. The minimum Gasteiger partial charge on any atom is -0.380 e. The van der Waals surface area contributed by atoms with Crippen molar-refractivity contribution in [3.63, 3.8) is 0 Å². The molecule has 0 aromatic carbocycles. The summed E-state index contributed by atoms with van der Waals surface area (Å²) in [4.78, 5) is 38.6. The molecule has 2 heterocycles. The van der Waals surface area contributed by atoms with E-state index in [9.17, 15) is 14.4 Å². The van der Waals surface area contributed by atoms with Crippen LogP contribution in [-0.4, -0.2) is 29.1 Å². The lowest BCUT2D eigenvalue weighted by Gasteiger charge is -2.10. The average Bonchev–Trinajstić information content (AvgIpc) is 2.70. The fourth-order valence-electron chi connectivity index (χ4n) is 1.88. The molecule has 0 aliphatic rings. The van der Waals surface area contributed by atoms with Crippen LogP contribution >= 0.6 is 11.3 Å². The lowest BCUT2D eigenvalue weighted by Crippen LogP contribution is -2.38. The molecule has 0 spiro atoms. The number of aromatic nitrogens is 2. The lowest BCUT2D eigenvalue weighted by molar-refractivity contribution is 0.101. The second-order valence-electron chi connectivity index (χ2n) is 4.31. The van der Waals surface area contributed by atoms with Crippen molar-refractivity contribution in [2.45, 2.75) is 26.5 Å². The van der Waals surface area contributed by atoms with Crippen LogP contribution in [0.1, 0.15) is 22.2 Å². The minimum atomic E-state index is -0.486. The standard InChI is InChI=1S/C12H14N2O4S/c1-6(18-3)4-14-11(16)9-7(2)8(5-15)19-10(9)13-12(14)17/h5-6H,4H2,1-3H3,(H,13,17). The van der Waals surface area contributed by atoms with Crippen molar-refractivity contribution in [2.24, 2.45) is 0 Å². The van der Waals surface area contributed by atoms with E-state index in [1.54, 1.807) is 13.8 Å². The van der Waals surface area contributed by atoms with E-state index < -0.39 is 5.69 Å². The number of aldehydes is 1. The maximum atomic E-state index is 12.3. The SMILES string of the molecule is COC(C)Cn1c(=O)[nH]c2sc(C=O)c(C)c2c1=O. The Morgan fingerprint density at radius 3 is 2.74 bits per heavy atom. The predicted octanol–water partition coefficient (Wildman–Crippen LogP) is 0.907. The quantitative estimate of drug-likeness (QED) is 0.845. The summed E-state index contributed by atoms with van der Waals surface area (Å²) in [6.45, 7) is 3.64. The highest BCUT2D eigenvalue weighted by Crippen LogP contribution is 2.24. The van der Waals surface area contributed by atoms with Gasteiger partial charge >= 0.3 is 5.69 Å². The fourth-order valence-corrected chi connectivity index (χ4v) is 2.88. The van der Waals surface area contributed by atoms with Gasteiger partial charge in [-0.25, -0.2) is 4.79 Å². The number of ether oxygens (including phenoxy) is 1. The molecule has 2 rings (SSSR count). The number of aromatic amines is 1. The fraction of sp³-hybridized carbons (Fsp3) is 0.417. The molecule has 1 unspecified atom stereocenters. The van der Waals surface area contributed by atoms with E-state index in [1.165, 1.54) is 7.11 Å². The van der Waals surface area contributed by atoms with Gasteiger partial charge in [-0.1, -0.05) is 0 Å². The molecule has 1 N–H and O–H groups in total. The second kappa shape index (κ2) is 5.10. The maximum Gasteiger partial charge on any atom is 0.329 e. The third kappa shape index (κ3) is 2.26. The summed E-state index contributed by atoms with van der Waals surface area (Å²) in [5.74, 6) is 0. The molecule has 0 saturated heterocycles. The van der Waals surface area contributed by atoms with Crippen molar-refractivity contribution >= 4 is 27.8 Å². The number of thiophene rings is 1. The van der Waals surface area contributed by atoms with Gasteiger partial charge in [-0.05, 0) is 19.4 Å². The molecule has 0 aliphatic heterocycles. The Bertz CT molecular complexity index is 740. The molecular formula is C12H14N2O4S. The van der Waals surface area contributed by atoms with Crippen LogP contribution in [0.3, 0.4) is 0 Å². The highest BCUT2D eigenvalue weighted by atomic mass is 32.1. The monoisotopic (exact) mass is 282 g/mol. The predicted molar refractivity (Wildman–Crippen MR) is 73.3 cm³/mol. The zero-order valence-corrected chi connectivity index (χ0v) is 11.7. The Balaban J connectivity index is 2.74. The van der Waals surface area contributed by atoms with Gasteiger partial charge in [0.25, 0.3) is 5.56 Å². The van der Waals surface area contributed by atoms with Crippen molar-refractivity contribution in [3.8, 4) is 0 Å². The summed E-state index contributed by atoms with van der Waals surface area (Å²) in [5, 5.41) is 0.398. The normalized spacial score (nSPS) is 12.8. The Morgan fingerprint density at radius 1 is 1.47 bits per heavy atom. The molecule has 0 aliphatic carbocycles. The van der Waals surface area contributed by atoms with Gasteiger partial charge in [0.2, 0.25) is 0 Å². The van der Waals surface area contributed by atoms with E-state index >= 15 is 0 Å². The van der Waals surface area contributed by atoms with Crippen molar-refractivity contribution in [2.75, 3.05) is 7.11 Å². The van der Waals surface area contributed by atoms with Crippen molar-refractivity contribution in [3.05, 3.63) is 31.3 Å². The first kappa shape index (κ1) is 13.7. The minimum absolute atomic E-state index is 0.173. The topological polar surface area (TPSA) is 81.2 Å². The Labute approximate surface area is 112 Å². The van der Waals surface area contributed by atoms with E-state index in [-0.39, 0.29) is 18.2 Å². The zero-order valence-electron chi connectivity index (χ0n) is 10.9. The Hall–Kier alpha value is -1.73. The van der Waals surface area contributed by atoms with Gasteiger partial charge in [0.05, 0.1) is 22.9 Å². The largest absolute Gasteiger partial charge is 0.380 e. The molecule has 0 radical (unpaired) electrons. The van der Waals surface area contributed by atoms with Crippen LogP contribution in [-0.2, 0) is 11.3 Å². The van der Waals surface area contributed by atoms with Crippen LogP contribution in [0.15, 0.2) is 9.59 Å². The van der Waals surface area contributed by atoms with E-state index in [2.05, 4.69) is 4.98 Å². The summed E-state index contributed by atoms with van der Waals surface area (Å²) in [5.41, 5.74) is -0.264. The summed E-state index contributed by atoms with van der Waals surface area (Å²) < 4.78 is 6.17. The molecule has 19 heavy (non-hydrogen) atoms. The maximum absolute atomic E-state index is 12.3. The number of carbonyl (C=O) groups is 1. The molecule has 6 nitrogen and oxygen atoms in total. The number of fused-ring (bicyclic) bond motifs is 1. The number of nitrogens with one attached hydrogen (secondary N) is 1. The van der Waals surface area contributed by atoms with Crippen molar-refractivity contribution < 1.29 is 9.53 Å². The van der Waals surface area contributed by atoms with E-state index in [0.717, 1.165) is 15.9 Å². The van der Waals surface area contributed by atoms with E-state index in [1.807, 2.05) is 0 Å². The zero-order chi connectivity index (χ0) is 14.2. The first-order valence-corrected chi connectivity index (χ1v) is 6.55. The van der Waals surface area contributed by atoms with Gasteiger partial charge in [-0.15, -0.1) is 11.3 Å². The molecule has 2 aromatic rings. The van der Waals surface area contributed by atoms with Crippen LogP contribution < -0.4 is 11.2 Å². The molecular weight excluding hydrogens is 268 g/mol. The molecule has 0 fully saturated rings. The third-order valence-corrected chi connectivity index (χ3v) is 4.19. The molecule has 1 atom stereocenters. The van der Waals surface area contributed by atoms with Crippen molar-refractivity contribution in [1.82, 2.24) is 9.55 Å². The van der Waals surface area contributed by atoms with Gasteiger partial charge in [0.1, 0.15) is 4.83 Å². The summed E-state index contributed by atoms with van der Waals surface area (Å²) >= 11 is 1.12. The number of nitrogens with zero attached hydrogens (tertiary/aromatic N) is 1. The van der Waals surface area contributed by atoms with Crippen LogP contribution in [0.5, 0.6) is 0 Å². The van der Waals surface area contributed by atoms with Gasteiger partial charge in [0, 0.05) is 7.11 Å². The van der Waals surface area contributed by atoms with Gasteiger partial charge < -0.3 is 4.74 Å². The number of carbonyl (C=O) groups excluding carboxylic acids is 1. The van der Waals surface area contributed by atoms with Crippen LogP contribution in [0.2, 0.25) is 0 Å². The summed E-state index contributed by atoms with van der Waals surface area (Å²) in [6, 6.07) is 0. The van der Waals surface area contributed by atoms with E-state index in [4.69, 9.17) is 4.74 Å². The van der Waals surface area contributed by atoms with Gasteiger partial charge in [-0.3, -0.25) is 19.1 Å². The number of aryl methyl sites for hydroxylation is 1. The van der Waals surface area contributed by atoms with Crippen LogP contribution in [0.25, 0.3) is 10.2 Å².